The minimum Gasteiger partial charge on any atom is -0.391 e. The minimum atomic E-state index is 0. The predicted octanol–water partition coefficient (Wildman–Crippen LogP) is 4.07. The number of allylic oxidation sites excluding steroid dienone is 4. The Bertz CT molecular complexity index is 170. The van der Waals surface area contributed by atoms with Gasteiger partial charge in [-0.3, -0.25) is 4.39 Å². The van der Waals surface area contributed by atoms with Gasteiger partial charge in [0.1, 0.15) is 0 Å². The molecule has 16 heavy (non-hydrogen) atoms. The molecule has 0 aromatic rings. The second kappa shape index (κ2) is 21.4. The summed E-state index contributed by atoms with van der Waals surface area (Å²) >= 11 is 0. The molecule has 3 heteroatoms. The molecule has 88 valence electrons. The van der Waals surface area contributed by atoms with E-state index in [0.717, 1.165) is 0 Å². The summed E-state index contributed by atoms with van der Waals surface area (Å²) < 4.78 is 9.50. The van der Waals surface area contributed by atoms with Crippen LogP contribution in [-0.4, -0.2) is 7.18 Å². The molecule has 0 fully saturated rings. The molecule has 0 unspecified atom stereocenters. The monoisotopic (exact) mass is 372 g/mol. The molecule has 0 nitrogen and oxygen atoms in total. The number of halogens is 1. The largest absolute Gasteiger partial charge is 0.391 e. The van der Waals surface area contributed by atoms with Gasteiger partial charge in [0.15, 0.2) is 0 Å². The van der Waals surface area contributed by atoms with Crippen LogP contribution in [0.2, 0.25) is 0 Å². The first-order chi connectivity index (χ1) is 6.29. The molecule has 0 aromatic carbocycles. The van der Waals surface area contributed by atoms with Crippen LogP contribution in [0.5, 0.6) is 0 Å². The van der Waals surface area contributed by atoms with E-state index in [1.54, 1.807) is 27.7 Å². The van der Waals surface area contributed by atoms with Gasteiger partial charge < -0.3 is 48.6 Å². The van der Waals surface area contributed by atoms with Crippen molar-refractivity contribution in [2.24, 2.45) is 0 Å². The fraction of sp³-hybridized carbons (Fsp3) is 0.385. The van der Waals surface area contributed by atoms with Crippen molar-refractivity contribution in [3.63, 3.8) is 0 Å². The van der Waals surface area contributed by atoms with Crippen LogP contribution in [0.4, 0.5) is 4.39 Å². The van der Waals surface area contributed by atoms with Gasteiger partial charge in [0.05, 0.1) is 7.18 Å². The topological polar surface area (TPSA) is 0 Å². The number of hydrogen-bond acceptors (Lipinski definition) is 0. The van der Waals surface area contributed by atoms with Crippen LogP contribution < -0.4 is 0 Å². The second-order valence-corrected chi connectivity index (χ2v) is 2.73. The first-order valence-electron chi connectivity index (χ1n) is 4.03. The van der Waals surface area contributed by atoms with E-state index in [9.17, 15) is 4.39 Å². The molecule has 0 aliphatic rings. The van der Waals surface area contributed by atoms with E-state index in [2.05, 4.69) is 0 Å². The van der Waals surface area contributed by atoms with Gasteiger partial charge in [-0.15, -0.1) is 27.7 Å². The first kappa shape index (κ1) is 30.3. The third kappa shape index (κ3) is 36.3. The SMILES string of the molecule is CF.[CH-]=C(C)C(=[CH-])C.[CH-]=C(C)C(=[CH-])C.[Y].[Y]. The molecule has 0 atom stereocenters. The third-order valence-electron chi connectivity index (χ3n) is 1.24. The summed E-state index contributed by atoms with van der Waals surface area (Å²) in [5.41, 5.74) is 2.81. The molecule has 0 saturated carbocycles. The van der Waals surface area contributed by atoms with Crippen molar-refractivity contribution in [2.75, 3.05) is 7.18 Å². The molecule has 0 saturated heterocycles. The van der Waals surface area contributed by atoms with Crippen molar-refractivity contribution in [3.8, 4) is 0 Å². The smallest absolute Gasteiger partial charge is 0.0785 e. The summed E-state index contributed by atoms with van der Waals surface area (Å²) in [7, 11) is 0.500. The van der Waals surface area contributed by atoms with Gasteiger partial charge >= 0.3 is 0 Å². The van der Waals surface area contributed by atoms with Gasteiger partial charge in [-0.05, 0) is 0 Å². The van der Waals surface area contributed by atoms with E-state index in [1.165, 1.54) is 0 Å². The minimum absolute atomic E-state index is 0. The zero-order valence-corrected chi connectivity index (χ0v) is 16.5. The quantitative estimate of drug-likeness (QED) is 0.507. The average molecular weight is 372 g/mol. The molecule has 0 aromatic heterocycles. The van der Waals surface area contributed by atoms with E-state index in [0.29, 0.717) is 29.5 Å². The second-order valence-electron chi connectivity index (χ2n) is 2.73. The van der Waals surface area contributed by atoms with E-state index in [1.807, 2.05) is 0 Å². The maximum absolute atomic E-state index is 9.50. The number of rotatable bonds is 2. The summed E-state index contributed by atoms with van der Waals surface area (Å²) in [6.45, 7) is 27.9. The average Bonchev–Trinajstić information content (AvgIpc) is 2.08. The van der Waals surface area contributed by atoms with Crippen LogP contribution in [0.3, 0.4) is 0 Å². The molecule has 0 spiro atoms. The van der Waals surface area contributed by atoms with Crippen molar-refractivity contribution in [3.05, 3.63) is 48.6 Å². The summed E-state index contributed by atoms with van der Waals surface area (Å²) in [5, 5.41) is 0. The first-order valence-corrected chi connectivity index (χ1v) is 4.03. The van der Waals surface area contributed by atoms with Gasteiger partial charge in [-0.1, -0.05) is 0 Å². The Morgan fingerprint density at radius 3 is 0.625 bits per heavy atom. The fourth-order valence-electron chi connectivity index (χ4n) is 0. The Morgan fingerprint density at radius 2 is 0.625 bits per heavy atom. The molecule has 0 aliphatic carbocycles. The van der Waals surface area contributed by atoms with Crippen LogP contribution in [-0.2, 0) is 65.4 Å². The van der Waals surface area contributed by atoms with Crippen molar-refractivity contribution >= 4 is 0 Å². The summed E-state index contributed by atoms with van der Waals surface area (Å²) in [6, 6.07) is 0. The van der Waals surface area contributed by atoms with Crippen molar-refractivity contribution < 1.29 is 69.8 Å². The van der Waals surface area contributed by atoms with Crippen molar-refractivity contribution in [1.82, 2.24) is 0 Å². The van der Waals surface area contributed by atoms with E-state index in [-0.39, 0.29) is 65.4 Å². The maximum atomic E-state index is 9.50. The fourth-order valence-corrected chi connectivity index (χ4v) is 0. The zero-order chi connectivity index (χ0) is 12.3. The van der Waals surface area contributed by atoms with Gasteiger partial charge in [0, 0.05) is 65.4 Å². The predicted molar refractivity (Wildman–Crippen MR) is 61.0 cm³/mol. The molecular formula is C13H19FY2-4. The molecule has 0 bridgehead atoms. The van der Waals surface area contributed by atoms with Gasteiger partial charge in [-0.25, -0.2) is 0 Å². The van der Waals surface area contributed by atoms with Gasteiger partial charge in [0.2, 0.25) is 0 Å². The maximum Gasteiger partial charge on any atom is 0.0785 e. The van der Waals surface area contributed by atoms with Crippen LogP contribution in [0.25, 0.3) is 0 Å². The Hall–Kier alpha value is 1.10. The molecule has 0 rings (SSSR count). The van der Waals surface area contributed by atoms with E-state index >= 15 is 0 Å². The standard InChI is InChI=1S/2C6H8.CH3F.2Y/c2*1-5(2)6(3)4;1-2;;/h2*1,3H,2,4H3;1H3;;/q2*-2;;;. The molecular weight excluding hydrogens is 353 g/mol. The van der Waals surface area contributed by atoms with Crippen molar-refractivity contribution in [2.45, 2.75) is 27.7 Å². The number of alkyl halides is 1. The van der Waals surface area contributed by atoms with Crippen LogP contribution >= 0.6 is 0 Å². The third-order valence-corrected chi connectivity index (χ3v) is 1.24. The summed E-state index contributed by atoms with van der Waals surface area (Å²) in [5.74, 6) is 0. The molecule has 2 radical (unpaired) electrons. The van der Waals surface area contributed by atoms with E-state index < -0.39 is 0 Å². The molecule has 0 heterocycles. The summed E-state index contributed by atoms with van der Waals surface area (Å²) in [4.78, 5) is 0. The Morgan fingerprint density at radius 1 is 0.562 bits per heavy atom. The Kier molecular flexibility index (Phi) is 40.5. The molecule has 0 N–H and O–H groups in total. The van der Waals surface area contributed by atoms with Crippen LogP contribution in [0.1, 0.15) is 27.7 Å². The van der Waals surface area contributed by atoms with Crippen molar-refractivity contribution in [1.29, 1.82) is 0 Å². The zero-order valence-electron chi connectivity index (χ0n) is 10.8. The normalized spacial score (nSPS) is 6.12. The molecule has 0 amide bonds. The summed E-state index contributed by atoms with van der Waals surface area (Å²) in [6.07, 6.45) is 0. The van der Waals surface area contributed by atoms with Crippen LogP contribution in [0, 0.1) is 26.3 Å². The van der Waals surface area contributed by atoms with Gasteiger partial charge in [-0.2, -0.15) is 0 Å². The molecule has 0 aliphatic heterocycles. The number of hydrogen-bond donors (Lipinski definition) is 0. The van der Waals surface area contributed by atoms with Crippen LogP contribution in [0.15, 0.2) is 22.3 Å². The van der Waals surface area contributed by atoms with Gasteiger partial charge in [0.25, 0.3) is 0 Å². The Balaban J connectivity index is -0.0000000393. The van der Waals surface area contributed by atoms with E-state index in [4.69, 9.17) is 26.3 Å². The Labute approximate surface area is 151 Å².